The number of aryl methyl sites for hydroxylation is 1. The molecule has 0 aliphatic rings. The molecule has 0 saturated heterocycles. The van der Waals surface area contributed by atoms with Crippen LogP contribution in [0.15, 0.2) is 28.9 Å². The molecule has 7 heteroatoms. The summed E-state index contributed by atoms with van der Waals surface area (Å²) >= 11 is 9.20. The number of carboxylic acid groups (broad SMARTS) is 1. The first kappa shape index (κ1) is 13.8. The van der Waals surface area contributed by atoms with Crippen molar-refractivity contribution in [2.45, 2.75) is 6.92 Å². The first-order valence-corrected chi connectivity index (χ1v) is 6.43. The monoisotopic (exact) mass is 341 g/mol. The largest absolute Gasteiger partial charge is 0.477 e. The highest BCUT2D eigenvalue weighted by atomic mass is 79.9. The lowest BCUT2D eigenvalue weighted by atomic mass is 10.2. The Morgan fingerprint density at radius 3 is 2.84 bits per heavy atom. The molecule has 0 fully saturated rings. The summed E-state index contributed by atoms with van der Waals surface area (Å²) in [7, 11) is 0. The van der Waals surface area contributed by atoms with Crippen molar-refractivity contribution in [3.8, 4) is 0 Å². The van der Waals surface area contributed by atoms with E-state index in [0.717, 1.165) is 0 Å². The topological polar surface area (TPSA) is 75.1 Å². The summed E-state index contributed by atoms with van der Waals surface area (Å²) in [6.45, 7) is 1.69. The summed E-state index contributed by atoms with van der Waals surface area (Å²) in [4.78, 5) is 19.1. The van der Waals surface area contributed by atoms with Crippen LogP contribution in [0.5, 0.6) is 0 Å². The molecule has 1 aromatic carbocycles. The summed E-state index contributed by atoms with van der Waals surface area (Å²) in [6.07, 6.45) is 1.28. The quantitative estimate of drug-likeness (QED) is 0.890. The summed E-state index contributed by atoms with van der Waals surface area (Å²) in [5, 5.41) is 12.6. The van der Waals surface area contributed by atoms with E-state index < -0.39 is 5.97 Å². The number of hydrogen-bond donors (Lipinski definition) is 2. The fraction of sp³-hybridized carbons (Fsp3) is 0.0833. The van der Waals surface area contributed by atoms with Gasteiger partial charge in [-0.15, -0.1) is 0 Å². The van der Waals surface area contributed by atoms with E-state index in [4.69, 9.17) is 16.7 Å². The standard InChI is InChI=1S/C12H9BrClN3O2/c1-6-15-5-8(12(18)19)11(16-6)17-7-2-3-10(14)9(13)4-7/h2-5H,1H3,(H,18,19)(H,15,16,17). The Morgan fingerprint density at radius 1 is 1.47 bits per heavy atom. The van der Waals surface area contributed by atoms with E-state index in [1.54, 1.807) is 25.1 Å². The van der Waals surface area contributed by atoms with Crippen LogP contribution in [0.4, 0.5) is 11.5 Å². The highest BCUT2D eigenvalue weighted by Gasteiger charge is 2.13. The normalized spacial score (nSPS) is 10.3. The molecule has 0 radical (unpaired) electrons. The maximum atomic E-state index is 11.1. The van der Waals surface area contributed by atoms with Gasteiger partial charge in [0.25, 0.3) is 0 Å². The first-order valence-electron chi connectivity index (χ1n) is 5.26. The molecule has 0 bridgehead atoms. The van der Waals surface area contributed by atoms with E-state index >= 15 is 0 Å². The molecule has 0 aliphatic heterocycles. The van der Waals surface area contributed by atoms with Gasteiger partial charge in [0, 0.05) is 16.4 Å². The molecule has 0 unspecified atom stereocenters. The minimum absolute atomic E-state index is 0.0108. The Hall–Kier alpha value is -1.66. The molecular formula is C12H9BrClN3O2. The van der Waals surface area contributed by atoms with Gasteiger partial charge in [0.2, 0.25) is 0 Å². The van der Waals surface area contributed by atoms with Gasteiger partial charge in [-0.05, 0) is 41.1 Å². The number of nitrogens with one attached hydrogen (secondary N) is 1. The SMILES string of the molecule is Cc1ncc(C(=O)O)c(Nc2ccc(Cl)c(Br)c2)n1. The minimum Gasteiger partial charge on any atom is -0.477 e. The van der Waals surface area contributed by atoms with Crippen molar-refractivity contribution >= 4 is 45.0 Å². The number of benzene rings is 1. The molecule has 19 heavy (non-hydrogen) atoms. The van der Waals surface area contributed by atoms with Crippen LogP contribution in [-0.2, 0) is 0 Å². The number of carboxylic acids is 1. The second-order valence-corrected chi connectivity index (χ2v) is 5.00. The minimum atomic E-state index is -1.09. The van der Waals surface area contributed by atoms with E-state index in [0.29, 0.717) is 21.0 Å². The van der Waals surface area contributed by atoms with Gasteiger partial charge in [0.15, 0.2) is 0 Å². The molecule has 2 rings (SSSR count). The Labute approximate surface area is 122 Å². The highest BCUT2D eigenvalue weighted by Crippen LogP contribution is 2.27. The third-order valence-electron chi connectivity index (χ3n) is 2.32. The van der Waals surface area contributed by atoms with Crippen molar-refractivity contribution in [1.29, 1.82) is 0 Å². The van der Waals surface area contributed by atoms with Gasteiger partial charge in [-0.1, -0.05) is 11.6 Å². The fourth-order valence-corrected chi connectivity index (χ4v) is 1.93. The van der Waals surface area contributed by atoms with Crippen LogP contribution < -0.4 is 5.32 Å². The molecule has 2 N–H and O–H groups in total. The molecule has 1 heterocycles. The van der Waals surface area contributed by atoms with Crippen LogP contribution in [0.1, 0.15) is 16.2 Å². The lowest BCUT2D eigenvalue weighted by Crippen LogP contribution is -2.07. The Morgan fingerprint density at radius 2 is 2.21 bits per heavy atom. The lowest BCUT2D eigenvalue weighted by molar-refractivity contribution is 0.0697. The van der Waals surface area contributed by atoms with E-state index in [1.165, 1.54) is 6.20 Å². The van der Waals surface area contributed by atoms with Gasteiger partial charge in [-0.3, -0.25) is 0 Å². The third-order valence-corrected chi connectivity index (χ3v) is 3.54. The molecule has 0 atom stereocenters. The molecule has 1 aromatic heterocycles. The number of carbonyl (C=O) groups is 1. The van der Waals surface area contributed by atoms with Crippen molar-refractivity contribution in [3.05, 3.63) is 45.3 Å². The first-order chi connectivity index (χ1) is 8.97. The number of halogens is 2. The van der Waals surface area contributed by atoms with E-state index in [2.05, 4.69) is 31.2 Å². The number of hydrogen-bond acceptors (Lipinski definition) is 4. The summed E-state index contributed by atoms with van der Waals surface area (Å²) in [5.41, 5.74) is 0.688. The van der Waals surface area contributed by atoms with Crippen LogP contribution in [-0.4, -0.2) is 21.0 Å². The predicted octanol–water partition coefficient (Wildman–Crippen LogP) is 3.64. The zero-order valence-corrected chi connectivity index (χ0v) is 12.2. The number of anilines is 2. The lowest BCUT2D eigenvalue weighted by Gasteiger charge is -2.09. The number of aromatic carboxylic acids is 1. The van der Waals surface area contributed by atoms with Gasteiger partial charge >= 0.3 is 5.97 Å². The van der Waals surface area contributed by atoms with Crippen molar-refractivity contribution in [2.24, 2.45) is 0 Å². The summed E-state index contributed by atoms with van der Waals surface area (Å²) in [6, 6.07) is 5.17. The summed E-state index contributed by atoms with van der Waals surface area (Å²) < 4.78 is 0.710. The van der Waals surface area contributed by atoms with Crippen LogP contribution in [0.25, 0.3) is 0 Å². The molecule has 0 saturated carbocycles. The number of rotatable bonds is 3. The molecule has 2 aromatic rings. The number of nitrogens with zero attached hydrogens (tertiary/aromatic N) is 2. The molecule has 98 valence electrons. The highest BCUT2D eigenvalue weighted by molar-refractivity contribution is 9.10. The third kappa shape index (κ3) is 3.21. The predicted molar refractivity (Wildman–Crippen MR) is 76.2 cm³/mol. The average Bonchev–Trinajstić information content (AvgIpc) is 2.33. The fourth-order valence-electron chi connectivity index (χ4n) is 1.43. The van der Waals surface area contributed by atoms with Crippen molar-refractivity contribution < 1.29 is 9.90 Å². The van der Waals surface area contributed by atoms with Crippen LogP contribution in [0.3, 0.4) is 0 Å². The van der Waals surface area contributed by atoms with Gasteiger partial charge in [-0.25, -0.2) is 14.8 Å². The van der Waals surface area contributed by atoms with Crippen LogP contribution in [0.2, 0.25) is 5.02 Å². The van der Waals surface area contributed by atoms with Gasteiger partial charge < -0.3 is 10.4 Å². The Bertz CT molecular complexity index is 649. The zero-order chi connectivity index (χ0) is 14.0. The maximum Gasteiger partial charge on any atom is 0.341 e. The second kappa shape index (κ2) is 5.54. The second-order valence-electron chi connectivity index (χ2n) is 3.74. The van der Waals surface area contributed by atoms with Crippen molar-refractivity contribution in [1.82, 2.24) is 9.97 Å². The van der Waals surface area contributed by atoms with Crippen LogP contribution >= 0.6 is 27.5 Å². The number of aromatic nitrogens is 2. The summed E-state index contributed by atoms with van der Waals surface area (Å²) in [5.74, 6) is -0.356. The Balaban J connectivity index is 2.39. The van der Waals surface area contributed by atoms with Crippen LogP contribution in [0, 0.1) is 6.92 Å². The molecule has 0 spiro atoms. The van der Waals surface area contributed by atoms with Gasteiger partial charge in [-0.2, -0.15) is 0 Å². The molecular weight excluding hydrogens is 334 g/mol. The van der Waals surface area contributed by atoms with Crippen molar-refractivity contribution in [2.75, 3.05) is 5.32 Å². The van der Waals surface area contributed by atoms with Gasteiger partial charge in [0.05, 0.1) is 5.02 Å². The molecule has 0 aliphatic carbocycles. The zero-order valence-electron chi connectivity index (χ0n) is 9.82. The van der Waals surface area contributed by atoms with E-state index in [1.807, 2.05) is 0 Å². The molecule has 0 amide bonds. The van der Waals surface area contributed by atoms with Gasteiger partial charge in [0.1, 0.15) is 17.2 Å². The Kier molecular flexibility index (Phi) is 4.01. The van der Waals surface area contributed by atoms with Crippen molar-refractivity contribution in [3.63, 3.8) is 0 Å². The van der Waals surface area contributed by atoms with E-state index in [9.17, 15) is 4.79 Å². The maximum absolute atomic E-state index is 11.1. The smallest absolute Gasteiger partial charge is 0.341 e. The molecule has 5 nitrogen and oxygen atoms in total. The van der Waals surface area contributed by atoms with E-state index in [-0.39, 0.29) is 11.4 Å². The average molecular weight is 343 g/mol.